The van der Waals surface area contributed by atoms with E-state index in [0.29, 0.717) is 24.2 Å². The molecule has 3 bridgehead atoms. The zero-order chi connectivity index (χ0) is 25.5. The lowest BCUT2D eigenvalue weighted by molar-refractivity contribution is -0.415. The molecule has 35 heavy (non-hydrogen) atoms. The Hall–Kier alpha value is -2.66. The number of hydroxylamine groups is 2. The highest BCUT2D eigenvalue weighted by Gasteiger charge is 2.70. The van der Waals surface area contributed by atoms with Gasteiger partial charge in [-0.25, -0.2) is 9.69 Å². The molecule has 4 aliphatic heterocycles. The van der Waals surface area contributed by atoms with Crippen LogP contribution in [-0.4, -0.2) is 71.4 Å². The molecule has 2 amide bonds. The van der Waals surface area contributed by atoms with Crippen LogP contribution in [-0.2, 0) is 40.2 Å². The van der Waals surface area contributed by atoms with Crippen LogP contribution in [0, 0.1) is 5.92 Å². The number of rotatable bonds is 8. The van der Waals surface area contributed by atoms with Crippen LogP contribution >= 0.6 is 0 Å². The maximum Gasteiger partial charge on any atom is 0.414 e. The number of carbonyl (C=O) groups is 3. The molecule has 0 aliphatic carbocycles. The number of esters is 1. The number of nitrogens with one attached hydrogen (secondary N) is 2. The SMILES string of the molecule is CC(C)[C@H](N)C(=O)Oc1ccc(CC(=O)NNC(=O)[C@@H]2CCC34CN2C(O3)N4OS(=O)(=O)O)cc1. The molecule has 4 aliphatic rings. The third-order valence-corrected chi connectivity index (χ3v) is 6.50. The predicted molar refractivity (Wildman–Crippen MR) is 117 cm³/mol. The number of nitrogens with two attached hydrogens (primary N) is 1. The number of amides is 2. The first-order chi connectivity index (χ1) is 16.4. The minimum atomic E-state index is -4.73. The van der Waals surface area contributed by atoms with E-state index in [1.54, 1.807) is 29.2 Å². The highest BCUT2D eigenvalue weighted by Crippen LogP contribution is 2.52. The van der Waals surface area contributed by atoms with Crippen molar-refractivity contribution in [2.24, 2.45) is 11.7 Å². The fraction of sp³-hybridized carbons (Fsp3) is 0.550. The summed E-state index contributed by atoms with van der Waals surface area (Å²) in [5.74, 6) is -1.29. The zero-order valence-electron chi connectivity index (χ0n) is 19.0. The van der Waals surface area contributed by atoms with Crippen molar-refractivity contribution in [3.05, 3.63) is 29.8 Å². The van der Waals surface area contributed by atoms with E-state index in [0.717, 1.165) is 5.06 Å². The zero-order valence-corrected chi connectivity index (χ0v) is 19.9. The van der Waals surface area contributed by atoms with Crippen LogP contribution in [0.2, 0.25) is 0 Å². The van der Waals surface area contributed by atoms with Crippen LogP contribution in [0.3, 0.4) is 0 Å². The van der Waals surface area contributed by atoms with Crippen LogP contribution in [0.15, 0.2) is 24.3 Å². The Bertz CT molecular complexity index is 1110. The van der Waals surface area contributed by atoms with Crippen LogP contribution in [0.5, 0.6) is 5.75 Å². The number of piperidine rings is 1. The van der Waals surface area contributed by atoms with E-state index in [4.69, 9.17) is 19.8 Å². The number of hydrogen-bond acceptors (Lipinski definition) is 11. The van der Waals surface area contributed by atoms with Gasteiger partial charge < -0.3 is 15.2 Å². The van der Waals surface area contributed by atoms with E-state index < -0.39 is 52.3 Å². The molecule has 1 aromatic carbocycles. The molecular formula is C20H27N5O9S. The van der Waals surface area contributed by atoms with Crippen molar-refractivity contribution >= 4 is 28.2 Å². The number of hydrazine groups is 1. The summed E-state index contributed by atoms with van der Waals surface area (Å²) in [6.07, 6.45) is -0.363. The maximum absolute atomic E-state index is 12.6. The summed E-state index contributed by atoms with van der Waals surface area (Å²) < 4.78 is 46.5. The largest absolute Gasteiger partial charge is 0.425 e. The quantitative estimate of drug-likeness (QED) is 0.141. The summed E-state index contributed by atoms with van der Waals surface area (Å²) in [5.41, 5.74) is 10.1. The molecule has 5 N–H and O–H groups in total. The van der Waals surface area contributed by atoms with E-state index in [1.807, 2.05) is 13.8 Å². The normalized spacial score (nSPS) is 28.2. The predicted octanol–water partition coefficient (Wildman–Crippen LogP) is -1.21. The minimum absolute atomic E-state index is 0.0424. The highest BCUT2D eigenvalue weighted by atomic mass is 32.3. The first-order valence-corrected chi connectivity index (χ1v) is 12.3. The average Bonchev–Trinajstić information content (AvgIpc) is 3.21. The summed E-state index contributed by atoms with van der Waals surface area (Å²) in [4.78, 5) is 38.4. The van der Waals surface area contributed by atoms with Gasteiger partial charge in [0.2, 0.25) is 5.91 Å². The number of nitrogens with zero attached hydrogens (tertiary/aromatic N) is 2. The number of benzene rings is 1. The molecule has 3 unspecified atom stereocenters. The van der Waals surface area contributed by atoms with E-state index in [2.05, 4.69) is 15.1 Å². The molecule has 4 fully saturated rings. The number of carbonyl (C=O) groups excluding carboxylic acids is 3. The van der Waals surface area contributed by atoms with Gasteiger partial charge >= 0.3 is 16.4 Å². The Morgan fingerprint density at radius 2 is 1.94 bits per heavy atom. The summed E-state index contributed by atoms with van der Waals surface area (Å²) in [5, 5.41) is 1.02. The van der Waals surface area contributed by atoms with Gasteiger partial charge in [0.1, 0.15) is 11.8 Å². The van der Waals surface area contributed by atoms with Crippen LogP contribution in [0.4, 0.5) is 0 Å². The van der Waals surface area contributed by atoms with Crippen LogP contribution in [0.1, 0.15) is 32.3 Å². The summed E-state index contributed by atoms with van der Waals surface area (Å²) >= 11 is 0. The van der Waals surface area contributed by atoms with E-state index in [9.17, 15) is 22.8 Å². The molecule has 1 spiro atoms. The highest BCUT2D eigenvalue weighted by molar-refractivity contribution is 7.80. The molecule has 0 saturated carbocycles. The molecule has 5 rings (SSSR count). The lowest BCUT2D eigenvalue weighted by atomic mass is 9.98. The van der Waals surface area contributed by atoms with Gasteiger partial charge in [0.15, 0.2) is 12.1 Å². The lowest BCUT2D eigenvalue weighted by Gasteiger charge is -2.45. The van der Waals surface area contributed by atoms with Crippen molar-refractivity contribution in [3.63, 3.8) is 0 Å². The van der Waals surface area contributed by atoms with Gasteiger partial charge in [0.05, 0.1) is 12.5 Å². The molecular weight excluding hydrogens is 486 g/mol. The molecule has 4 heterocycles. The fourth-order valence-electron chi connectivity index (χ4n) is 4.23. The van der Waals surface area contributed by atoms with E-state index in [1.165, 1.54) is 0 Å². The first kappa shape index (κ1) is 25.4. The van der Waals surface area contributed by atoms with Gasteiger partial charge in [-0.05, 0) is 36.5 Å². The standard InChI is InChI=1S/C20H27N5O9S/c1-11(2)16(21)18(28)32-13-5-3-12(4-6-13)9-15(26)22-23-17(27)14-7-8-20-10-24(14)19(33-20)25(20)34-35(29,30)31/h3-6,11,14,16,19H,7-10,21H2,1-2H3,(H,22,26)(H,23,27)(H,29,30,31)/t14-,16-,19?,20?/m0/s1. The summed E-state index contributed by atoms with van der Waals surface area (Å²) in [6, 6.07) is 4.88. The Morgan fingerprint density at radius 1 is 1.26 bits per heavy atom. The van der Waals surface area contributed by atoms with Crippen LogP contribution in [0.25, 0.3) is 0 Å². The van der Waals surface area contributed by atoms with Crippen LogP contribution < -0.4 is 21.3 Å². The van der Waals surface area contributed by atoms with Crippen molar-refractivity contribution in [2.75, 3.05) is 6.54 Å². The first-order valence-electron chi connectivity index (χ1n) is 10.9. The second kappa shape index (κ2) is 9.42. The lowest BCUT2D eigenvalue weighted by Crippen LogP contribution is -2.63. The molecule has 15 heteroatoms. The molecule has 0 aromatic heterocycles. The van der Waals surface area contributed by atoms with Crippen molar-refractivity contribution in [3.8, 4) is 5.75 Å². The third-order valence-electron chi connectivity index (χ3n) is 6.15. The minimum Gasteiger partial charge on any atom is -0.425 e. The van der Waals surface area contributed by atoms with Crippen molar-refractivity contribution < 1.29 is 41.1 Å². The number of hydrogen-bond donors (Lipinski definition) is 4. The third kappa shape index (κ3) is 5.30. The van der Waals surface area contributed by atoms with Gasteiger partial charge in [-0.1, -0.05) is 31.0 Å². The average molecular weight is 514 g/mol. The molecule has 4 saturated heterocycles. The molecule has 192 valence electrons. The fourth-order valence-corrected chi connectivity index (χ4v) is 4.64. The Kier molecular flexibility index (Phi) is 6.85. The smallest absolute Gasteiger partial charge is 0.414 e. The Morgan fingerprint density at radius 3 is 2.57 bits per heavy atom. The Balaban J connectivity index is 1.24. The van der Waals surface area contributed by atoms with Gasteiger partial charge in [0, 0.05) is 6.54 Å². The number of ether oxygens (including phenoxy) is 2. The van der Waals surface area contributed by atoms with Gasteiger partial charge in [-0.3, -0.25) is 25.0 Å². The monoisotopic (exact) mass is 513 g/mol. The van der Waals surface area contributed by atoms with E-state index in [-0.39, 0.29) is 18.9 Å². The van der Waals surface area contributed by atoms with Gasteiger partial charge in [0.25, 0.3) is 5.91 Å². The molecule has 14 nitrogen and oxygen atoms in total. The van der Waals surface area contributed by atoms with E-state index >= 15 is 0 Å². The second-order valence-electron chi connectivity index (χ2n) is 8.99. The molecule has 5 atom stereocenters. The van der Waals surface area contributed by atoms with Crippen molar-refractivity contribution in [2.45, 2.75) is 57.3 Å². The summed E-state index contributed by atoms with van der Waals surface area (Å²) in [7, 11) is -4.73. The van der Waals surface area contributed by atoms with Crippen molar-refractivity contribution in [1.29, 1.82) is 0 Å². The maximum atomic E-state index is 12.6. The van der Waals surface area contributed by atoms with Gasteiger partial charge in [-0.15, -0.1) is 4.28 Å². The summed E-state index contributed by atoms with van der Waals surface area (Å²) in [6.45, 7) is 3.83. The topological polar surface area (TPSA) is 190 Å². The van der Waals surface area contributed by atoms with Gasteiger partial charge in [-0.2, -0.15) is 8.42 Å². The molecule has 0 radical (unpaired) electrons. The molecule has 1 aromatic rings. The van der Waals surface area contributed by atoms with Crippen molar-refractivity contribution in [1.82, 2.24) is 20.8 Å². The Labute approximate surface area is 201 Å². The second-order valence-corrected chi connectivity index (χ2v) is 10.00.